The minimum atomic E-state index is -0.504. The quantitative estimate of drug-likeness (QED) is 0.824. The minimum absolute atomic E-state index is 0.316. The molecule has 2 rings (SSSR count). The fourth-order valence-corrected chi connectivity index (χ4v) is 2.02. The lowest BCUT2D eigenvalue weighted by Crippen LogP contribution is -2.21. The number of rotatable bonds is 5. The molecule has 19 heavy (non-hydrogen) atoms. The van der Waals surface area contributed by atoms with Crippen LogP contribution >= 0.6 is 0 Å². The van der Waals surface area contributed by atoms with Gasteiger partial charge in [0, 0.05) is 18.8 Å². The van der Waals surface area contributed by atoms with Gasteiger partial charge in [0.1, 0.15) is 5.75 Å². The van der Waals surface area contributed by atoms with Gasteiger partial charge in [0.25, 0.3) is 0 Å². The zero-order chi connectivity index (χ0) is 13.7. The Morgan fingerprint density at radius 2 is 1.95 bits per heavy atom. The van der Waals surface area contributed by atoms with Gasteiger partial charge in [-0.1, -0.05) is 18.7 Å². The van der Waals surface area contributed by atoms with E-state index < -0.39 is 5.91 Å². The summed E-state index contributed by atoms with van der Waals surface area (Å²) in [5.74, 6) is 0.859. The molecule has 4 nitrogen and oxygen atoms in total. The predicted molar refractivity (Wildman–Crippen MR) is 73.7 cm³/mol. The van der Waals surface area contributed by atoms with E-state index in [0.29, 0.717) is 18.1 Å². The first kappa shape index (κ1) is 13.6. The Balaban J connectivity index is 1.87. The van der Waals surface area contributed by atoms with Crippen molar-refractivity contribution in [2.24, 2.45) is 11.7 Å². The molecule has 1 fully saturated rings. The zero-order valence-electron chi connectivity index (χ0n) is 10.9. The predicted octanol–water partition coefficient (Wildman–Crippen LogP) is 1.99. The van der Waals surface area contributed by atoms with Crippen molar-refractivity contribution in [3.8, 4) is 5.75 Å². The molecule has 1 aliphatic rings. The molecule has 0 unspecified atom stereocenters. The molecular formula is C15H19NO3. The van der Waals surface area contributed by atoms with Crippen LogP contribution in [0.15, 0.2) is 30.8 Å². The molecule has 0 saturated carbocycles. The number of carbonyl (C=O) groups is 1. The molecule has 102 valence electrons. The van der Waals surface area contributed by atoms with E-state index in [4.69, 9.17) is 15.2 Å². The molecule has 1 aromatic rings. The van der Waals surface area contributed by atoms with Crippen LogP contribution in [-0.4, -0.2) is 25.7 Å². The van der Waals surface area contributed by atoms with Gasteiger partial charge >= 0.3 is 0 Å². The lowest BCUT2D eigenvalue weighted by atomic mass is 10.0. The topological polar surface area (TPSA) is 61.6 Å². The van der Waals surface area contributed by atoms with Gasteiger partial charge in [0.05, 0.1) is 6.61 Å². The van der Waals surface area contributed by atoms with Crippen LogP contribution < -0.4 is 10.5 Å². The molecule has 0 aliphatic carbocycles. The van der Waals surface area contributed by atoms with Gasteiger partial charge in [-0.25, -0.2) is 0 Å². The molecule has 0 atom stereocenters. The monoisotopic (exact) mass is 261 g/mol. The SMILES string of the molecule is C=C(C(N)=O)c1ccc(OCC2CCOCC2)cc1. The van der Waals surface area contributed by atoms with Gasteiger partial charge in [-0.2, -0.15) is 0 Å². The smallest absolute Gasteiger partial charge is 0.248 e. The summed E-state index contributed by atoms with van der Waals surface area (Å²) in [6.07, 6.45) is 2.10. The maximum absolute atomic E-state index is 11.0. The number of amides is 1. The lowest BCUT2D eigenvalue weighted by molar-refractivity contribution is -0.112. The van der Waals surface area contributed by atoms with E-state index in [1.54, 1.807) is 12.1 Å². The second-order valence-corrected chi connectivity index (χ2v) is 4.73. The van der Waals surface area contributed by atoms with Gasteiger partial charge in [-0.15, -0.1) is 0 Å². The highest BCUT2D eigenvalue weighted by atomic mass is 16.5. The molecular weight excluding hydrogens is 242 g/mol. The summed E-state index contributed by atoms with van der Waals surface area (Å²) < 4.78 is 11.0. The average Bonchev–Trinajstić information content (AvgIpc) is 2.46. The molecule has 1 aromatic carbocycles. The van der Waals surface area contributed by atoms with E-state index in [0.717, 1.165) is 37.4 Å². The Kier molecular flexibility index (Phi) is 4.58. The molecule has 0 bridgehead atoms. The van der Waals surface area contributed by atoms with Gasteiger partial charge in [-0.05, 0) is 36.5 Å². The van der Waals surface area contributed by atoms with Crippen LogP contribution in [0.2, 0.25) is 0 Å². The Morgan fingerprint density at radius 3 is 2.53 bits per heavy atom. The summed E-state index contributed by atoms with van der Waals surface area (Å²) in [6, 6.07) is 7.27. The third-order valence-corrected chi connectivity index (χ3v) is 3.33. The van der Waals surface area contributed by atoms with Gasteiger partial charge in [0.2, 0.25) is 5.91 Å². The molecule has 1 amide bonds. The molecule has 1 aliphatic heterocycles. The lowest BCUT2D eigenvalue weighted by Gasteiger charge is -2.22. The van der Waals surface area contributed by atoms with Crippen LogP contribution in [-0.2, 0) is 9.53 Å². The van der Waals surface area contributed by atoms with Crippen molar-refractivity contribution in [2.75, 3.05) is 19.8 Å². The normalized spacial score (nSPS) is 16.0. The Morgan fingerprint density at radius 1 is 1.32 bits per heavy atom. The number of primary amides is 1. The number of ether oxygens (including phenoxy) is 2. The first-order valence-corrected chi connectivity index (χ1v) is 6.46. The van der Waals surface area contributed by atoms with Crippen LogP contribution in [0.3, 0.4) is 0 Å². The number of hydrogen-bond donors (Lipinski definition) is 1. The summed E-state index contributed by atoms with van der Waals surface area (Å²) in [6.45, 7) is 6.00. The first-order valence-electron chi connectivity index (χ1n) is 6.46. The van der Waals surface area contributed by atoms with Crippen molar-refractivity contribution in [1.82, 2.24) is 0 Å². The molecule has 2 N–H and O–H groups in total. The fraction of sp³-hybridized carbons (Fsp3) is 0.400. The third-order valence-electron chi connectivity index (χ3n) is 3.33. The number of carbonyl (C=O) groups excluding carboxylic acids is 1. The maximum atomic E-state index is 11.0. The first-order chi connectivity index (χ1) is 9.16. The molecule has 0 spiro atoms. The number of benzene rings is 1. The third kappa shape index (κ3) is 3.83. The van der Waals surface area contributed by atoms with Crippen molar-refractivity contribution in [1.29, 1.82) is 0 Å². The van der Waals surface area contributed by atoms with Gasteiger partial charge in [-0.3, -0.25) is 4.79 Å². The van der Waals surface area contributed by atoms with Crippen molar-refractivity contribution in [3.63, 3.8) is 0 Å². The Labute approximate surface area is 113 Å². The highest BCUT2D eigenvalue weighted by Crippen LogP contribution is 2.20. The Hall–Kier alpha value is -1.81. The standard InChI is InChI=1S/C15H19NO3/c1-11(15(16)17)13-2-4-14(5-3-13)19-10-12-6-8-18-9-7-12/h2-5,12H,1,6-10H2,(H2,16,17). The number of nitrogens with two attached hydrogens (primary N) is 1. The summed E-state index contributed by atoms with van der Waals surface area (Å²) in [7, 11) is 0. The van der Waals surface area contributed by atoms with E-state index in [9.17, 15) is 4.79 Å². The van der Waals surface area contributed by atoms with Crippen LogP contribution in [0.1, 0.15) is 18.4 Å². The van der Waals surface area contributed by atoms with Crippen LogP contribution in [0.5, 0.6) is 5.75 Å². The second kappa shape index (κ2) is 6.38. The van der Waals surface area contributed by atoms with Crippen molar-refractivity contribution < 1.29 is 14.3 Å². The van der Waals surface area contributed by atoms with E-state index >= 15 is 0 Å². The Bertz CT molecular complexity index is 447. The van der Waals surface area contributed by atoms with Crippen molar-refractivity contribution in [2.45, 2.75) is 12.8 Å². The van der Waals surface area contributed by atoms with Gasteiger partial charge < -0.3 is 15.2 Å². The molecule has 1 heterocycles. The zero-order valence-corrected chi connectivity index (χ0v) is 10.9. The number of hydrogen-bond acceptors (Lipinski definition) is 3. The highest BCUT2D eigenvalue weighted by Gasteiger charge is 2.14. The van der Waals surface area contributed by atoms with Crippen molar-refractivity contribution >= 4 is 11.5 Å². The maximum Gasteiger partial charge on any atom is 0.248 e. The van der Waals surface area contributed by atoms with E-state index in [2.05, 4.69) is 6.58 Å². The fourth-order valence-electron chi connectivity index (χ4n) is 2.02. The average molecular weight is 261 g/mol. The summed E-state index contributed by atoms with van der Waals surface area (Å²) in [4.78, 5) is 11.0. The highest BCUT2D eigenvalue weighted by molar-refractivity contribution is 6.17. The van der Waals surface area contributed by atoms with E-state index in [-0.39, 0.29) is 0 Å². The van der Waals surface area contributed by atoms with Crippen LogP contribution in [0.25, 0.3) is 5.57 Å². The van der Waals surface area contributed by atoms with Crippen LogP contribution in [0, 0.1) is 5.92 Å². The minimum Gasteiger partial charge on any atom is -0.493 e. The second-order valence-electron chi connectivity index (χ2n) is 4.73. The summed E-state index contributed by atoms with van der Waals surface area (Å²) in [5.41, 5.74) is 6.22. The largest absolute Gasteiger partial charge is 0.493 e. The van der Waals surface area contributed by atoms with E-state index in [1.807, 2.05) is 12.1 Å². The van der Waals surface area contributed by atoms with E-state index in [1.165, 1.54) is 0 Å². The molecule has 0 radical (unpaired) electrons. The summed E-state index contributed by atoms with van der Waals surface area (Å²) >= 11 is 0. The summed E-state index contributed by atoms with van der Waals surface area (Å²) in [5, 5.41) is 0. The molecule has 1 saturated heterocycles. The van der Waals surface area contributed by atoms with Crippen molar-refractivity contribution in [3.05, 3.63) is 36.4 Å². The molecule has 4 heteroatoms. The molecule has 0 aromatic heterocycles. The van der Waals surface area contributed by atoms with Gasteiger partial charge in [0.15, 0.2) is 0 Å². The van der Waals surface area contributed by atoms with Crippen LogP contribution in [0.4, 0.5) is 0 Å².